The van der Waals surface area contributed by atoms with Gasteiger partial charge in [0, 0.05) is 11.3 Å². The van der Waals surface area contributed by atoms with Gasteiger partial charge < -0.3 is 5.32 Å². The van der Waals surface area contributed by atoms with Crippen LogP contribution in [-0.4, -0.2) is 33.2 Å². The fourth-order valence-electron chi connectivity index (χ4n) is 3.27. The summed E-state index contributed by atoms with van der Waals surface area (Å²) >= 11 is 8.23. The summed E-state index contributed by atoms with van der Waals surface area (Å²) in [6, 6.07) is 10.3. The van der Waals surface area contributed by atoms with Crippen LogP contribution in [0.4, 0.5) is 18.2 Å². The van der Waals surface area contributed by atoms with Crippen molar-refractivity contribution in [3.05, 3.63) is 92.6 Å². The number of hydrogen-bond donors (Lipinski definition) is 3. The number of H-pyrrole nitrogens is 1. The fraction of sp³-hybridized carbons (Fsp3) is 0.125. The van der Waals surface area contributed by atoms with Crippen molar-refractivity contribution in [2.24, 2.45) is 5.10 Å². The quantitative estimate of drug-likeness (QED) is 0.132. The van der Waals surface area contributed by atoms with Gasteiger partial charge >= 0.3 is 6.18 Å². The molecule has 2 heterocycles. The van der Waals surface area contributed by atoms with Crippen LogP contribution >= 0.6 is 34.7 Å². The molecule has 2 amide bonds. The molecule has 0 saturated heterocycles. The van der Waals surface area contributed by atoms with Crippen LogP contribution in [0.15, 0.2) is 64.4 Å². The molecular weight excluding hydrogens is 561 g/mol. The number of amides is 2. The van der Waals surface area contributed by atoms with E-state index in [1.807, 2.05) is 6.07 Å². The van der Waals surface area contributed by atoms with E-state index >= 15 is 0 Å². The third-order valence-corrected chi connectivity index (χ3v) is 7.35. The van der Waals surface area contributed by atoms with E-state index in [9.17, 15) is 22.8 Å². The molecule has 2 aromatic carbocycles. The zero-order valence-electron chi connectivity index (χ0n) is 19.5. The van der Waals surface area contributed by atoms with Crippen molar-refractivity contribution in [3.63, 3.8) is 0 Å². The van der Waals surface area contributed by atoms with E-state index in [0.717, 1.165) is 23.9 Å². The Morgan fingerprint density at radius 2 is 2.03 bits per heavy atom. The van der Waals surface area contributed by atoms with Gasteiger partial charge in [-0.05, 0) is 53.3 Å². The second kappa shape index (κ2) is 11.8. The highest BCUT2D eigenvalue weighted by Gasteiger charge is 2.33. The molecule has 4 rings (SSSR count). The molecule has 196 valence electrons. The van der Waals surface area contributed by atoms with Gasteiger partial charge in [-0.3, -0.25) is 14.7 Å². The van der Waals surface area contributed by atoms with Gasteiger partial charge in [-0.1, -0.05) is 41.6 Å². The number of halogens is 4. The standard InChI is InChI=1S/C24H18ClF3N6O2S2/c1-13-10-37-22(32-20(35)16-4-2-3-15(7-16)11-38-23-29-12-31-34-23)19(13)21(36)33-30-9-14-5-6-18(25)17(8-14)24(26,27)28/h2-10,12H,11H2,1H3,(H,32,35)(H,33,36)(H,29,31,34). The minimum absolute atomic E-state index is 0.0962. The number of anilines is 1. The van der Waals surface area contributed by atoms with Crippen LogP contribution in [-0.2, 0) is 11.9 Å². The summed E-state index contributed by atoms with van der Waals surface area (Å²) in [6.45, 7) is 1.70. The molecule has 38 heavy (non-hydrogen) atoms. The number of hydrogen-bond acceptors (Lipinski definition) is 7. The number of rotatable bonds is 8. The molecule has 8 nitrogen and oxygen atoms in total. The topological polar surface area (TPSA) is 112 Å². The van der Waals surface area contributed by atoms with Crippen molar-refractivity contribution < 1.29 is 22.8 Å². The molecule has 0 atom stereocenters. The maximum atomic E-state index is 13.1. The molecule has 0 unspecified atom stereocenters. The number of carbonyl (C=O) groups is 2. The summed E-state index contributed by atoms with van der Waals surface area (Å²) in [4.78, 5) is 29.8. The third kappa shape index (κ3) is 6.79. The molecule has 0 bridgehead atoms. The summed E-state index contributed by atoms with van der Waals surface area (Å²) in [5, 5.41) is 15.3. The second-order valence-electron chi connectivity index (χ2n) is 7.79. The zero-order chi connectivity index (χ0) is 27.3. The number of benzene rings is 2. The fourth-order valence-corrected chi connectivity index (χ4v) is 5.16. The molecule has 0 radical (unpaired) electrons. The average Bonchev–Trinajstić information content (AvgIpc) is 3.53. The van der Waals surface area contributed by atoms with E-state index in [-0.39, 0.29) is 11.1 Å². The first-order valence-corrected chi connectivity index (χ1v) is 13.0. The van der Waals surface area contributed by atoms with E-state index in [0.29, 0.717) is 27.0 Å². The van der Waals surface area contributed by atoms with Crippen LogP contribution in [0, 0.1) is 6.92 Å². The Balaban J connectivity index is 1.42. The van der Waals surface area contributed by atoms with Gasteiger partial charge in [-0.15, -0.1) is 11.3 Å². The predicted octanol–water partition coefficient (Wildman–Crippen LogP) is 6.16. The molecule has 0 aliphatic carbocycles. The first-order valence-electron chi connectivity index (χ1n) is 10.8. The number of hydrazone groups is 1. The van der Waals surface area contributed by atoms with Crippen molar-refractivity contribution in [2.45, 2.75) is 24.0 Å². The lowest BCUT2D eigenvalue weighted by Gasteiger charge is -2.09. The molecule has 3 N–H and O–H groups in total. The van der Waals surface area contributed by atoms with Crippen LogP contribution in [0.5, 0.6) is 0 Å². The predicted molar refractivity (Wildman–Crippen MR) is 141 cm³/mol. The molecule has 4 aromatic rings. The molecule has 0 fully saturated rings. The van der Waals surface area contributed by atoms with Crippen LogP contribution in [0.25, 0.3) is 0 Å². The Hall–Kier alpha value is -3.68. The molecule has 2 aromatic heterocycles. The van der Waals surface area contributed by atoms with E-state index in [4.69, 9.17) is 11.6 Å². The first kappa shape index (κ1) is 27.4. The number of aromatic amines is 1. The van der Waals surface area contributed by atoms with Gasteiger partial charge in [0.25, 0.3) is 11.8 Å². The van der Waals surface area contributed by atoms with Crippen molar-refractivity contribution in [1.29, 1.82) is 0 Å². The van der Waals surface area contributed by atoms with Crippen molar-refractivity contribution in [2.75, 3.05) is 5.32 Å². The number of carbonyl (C=O) groups excluding carboxylic acids is 2. The summed E-state index contributed by atoms with van der Waals surface area (Å²) < 4.78 is 39.2. The third-order valence-electron chi connectivity index (χ3n) is 5.06. The maximum absolute atomic E-state index is 13.1. The van der Waals surface area contributed by atoms with Gasteiger partial charge in [0.05, 0.1) is 22.4 Å². The molecule has 0 saturated carbocycles. The van der Waals surface area contributed by atoms with Crippen LogP contribution in [0.2, 0.25) is 5.02 Å². The van der Waals surface area contributed by atoms with Crippen molar-refractivity contribution >= 4 is 57.7 Å². The Morgan fingerprint density at radius 1 is 1.21 bits per heavy atom. The largest absolute Gasteiger partial charge is 0.417 e. The Kier molecular flexibility index (Phi) is 8.49. The van der Waals surface area contributed by atoms with E-state index in [1.165, 1.54) is 35.5 Å². The van der Waals surface area contributed by atoms with Crippen LogP contribution in [0.3, 0.4) is 0 Å². The second-order valence-corrected chi connectivity index (χ2v) is 10.0. The molecule has 0 spiro atoms. The molecule has 0 aliphatic rings. The van der Waals surface area contributed by atoms with Gasteiger partial charge in [-0.25, -0.2) is 10.4 Å². The highest BCUT2D eigenvalue weighted by Crippen LogP contribution is 2.35. The van der Waals surface area contributed by atoms with E-state index in [2.05, 4.69) is 31.0 Å². The normalized spacial score (nSPS) is 11.6. The lowest BCUT2D eigenvalue weighted by atomic mass is 10.1. The van der Waals surface area contributed by atoms with Gasteiger partial charge in [0.15, 0.2) is 5.16 Å². The lowest BCUT2D eigenvalue weighted by molar-refractivity contribution is -0.137. The number of aromatic nitrogens is 3. The van der Waals surface area contributed by atoms with Crippen LogP contribution < -0.4 is 10.7 Å². The van der Waals surface area contributed by atoms with Gasteiger partial charge in [0.2, 0.25) is 0 Å². The number of thiophene rings is 1. The molecular formula is C24H18ClF3N6O2S2. The Morgan fingerprint density at radius 3 is 2.76 bits per heavy atom. The summed E-state index contributed by atoms with van der Waals surface area (Å²) in [7, 11) is 0. The molecule has 14 heteroatoms. The Bertz CT molecular complexity index is 1490. The molecule has 0 aliphatic heterocycles. The van der Waals surface area contributed by atoms with E-state index in [1.54, 1.807) is 30.5 Å². The van der Waals surface area contributed by atoms with E-state index < -0.39 is 28.6 Å². The maximum Gasteiger partial charge on any atom is 0.417 e. The van der Waals surface area contributed by atoms with Gasteiger partial charge in [0.1, 0.15) is 11.3 Å². The number of aryl methyl sites for hydroxylation is 1. The Labute approximate surface area is 227 Å². The minimum atomic E-state index is -4.62. The highest BCUT2D eigenvalue weighted by atomic mass is 35.5. The summed E-state index contributed by atoms with van der Waals surface area (Å²) in [5.74, 6) is -0.465. The number of nitrogens with zero attached hydrogens (tertiary/aromatic N) is 3. The lowest BCUT2D eigenvalue weighted by Crippen LogP contribution is -2.21. The number of nitrogens with one attached hydrogen (secondary N) is 3. The first-order chi connectivity index (χ1) is 18.1. The van der Waals surface area contributed by atoms with Crippen molar-refractivity contribution in [1.82, 2.24) is 20.6 Å². The summed E-state index contributed by atoms with van der Waals surface area (Å²) in [5.41, 5.74) is 3.48. The van der Waals surface area contributed by atoms with Crippen LogP contribution in [0.1, 0.15) is 43.0 Å². The van der Waals surface area contributed by atoms with Crippen molar-refractivity contribution in [3.8, 4) is 0 Å². The van der Waals surface area contributed by atoms with Gasteiger partial charge in [-0.2, -0.15) is 23.4 Å². The minimum Gasteiger partial charge on any atom is -0.313 e. The summed E-state index contributed by atoms with van der Waals surface area (Å²) in [6.07, 6.45) is -2.14. The monoisotopic (exact) mass is 578 g/mol. The number of thioether (sulfide) groups is 1. The zero-order valence-corrected chi connectivity index (χ0v) is 21.9. The average molecular weight is 579 g/mol. The smallest absolute Gasteiger partial charge is 0.313 e. The SMILES string of the molecule is Cc1csc(NC(=O)c2cccc(CSc3ncn[nH]3)c2)c1C(=O)NN=Cc1ccc(Cl)c(C(F)(F)F)c1. The number of alkyl halides is 3. The highest BCUT2D eigenvalue weighted by molar-refractivity contribution is 7.98.